The fourth-order valence-corrected chi connectivity index (χ4v) is 2.84. The van der Waals surface area contributed by atoms with Crippen LogP contribution in [0.2, 0.25) is 0 Å². The smallest absolute Gasteiger partial charge is 0.341 e. The van der Waals surface area contributed by atoms with Gasteiger partial charge in [0.1, 0.15) is 0 Å². The highest BCUT2D eigenvalue weighted by atomic mass is 32.2. The van der Waals surface area contributed by atoms with Crippen molar-refractivity contribution in [3.05, 3.63) is 48.0 Å². The van der Waals surface area contributed by atoms with Gasteiger partial charge in [-0.05, 0) is 43.3 Å². The molecule has 0 radical (unpaired) electrons. The van der Waals surface area contributed by atoms with Crippen LogP contribution in [0.3, 0.4) is 0 Å². The first kappa shape index (κ1) is 19.6. The highest BCUT2D eigenvalue weighted by molar-refractivity contribution is 7.91. The number of alkyl halides is 2. The second-order valence-corrected chi connectivity index (χ2v) is 7.00. The van der Waals surface area contributed by atoms with Gasteiger partial charge in [0.05, 0.1) is 18.6 Å². The maximum atomic E-state index is 12.5. The minimum absolute atomic E-state index is 0.117. The summed E-state index contributed by atoms with van der Waals surface area (Å²) in [6, 6.07) is 9.08. The van der Waals surface area contributed by atoms with Gasteiger partial charge in [-0.2, -0.15) is 8.78 Å². The number of carbonyl (C=O) groups is 1. The Morgan fingerprint density at radius 3 is 2.31 bits per heavy atom. The molecule has 26 heavy (non-hydrogen) atoms. The quantitative estimate of drug-likeness (QED) is 0.791. The van der Waals surface area contributed by atoms with Gasteiger partial charge in [-0.1, -0.05) is 0 Å². The third-order valence-electron chi connectivity index (χ3n) is 3.40. The molecule has 0 bridgehead atoms. The number of halogens is 2. The zero-order valence-electron chi connectivity index (χ0n) is 14.0. The Morgan fingerprint density at radius 2 is 1.77 bits per heavy atom. The minimum Gasteiger partial charge on any atom is -0.493 e. The molecule has 2 aromatic rings. The lowest BCUT2D eigenvalue weighted by Gasteiger charge is -2.12. The van der Waals surface area contributed by atoms with Gasteiger partial charge in [-0.25, -0.2) is 8.42 Å². The first-order valence-electron chi connectivity index (χ1n) is 7.54. The van der Waals surface area contributed by atoms with Crippen molar-refractivity contribution in [2.45, 2.75) is 17.6 Å². The van der Waals surface area contributed by atoms with Crippen LogP contribution in [0.1, 0.15) is 17.3 Å². The highest BCUT2D eigenvalue weighted by Gasteiger charge is 2.26. The summed E-state index contributed by atoms with van der Waals surface area (Å²) in [6.07, 6.45) is 0. The molecule has 0 saturated carbocycles. The molecule has 140 valence electrons. The fraction of sp³-hybridized carbons (Fsp3) is 0.235. The predicted molar refractivity (Wildman–Crippen MR) is 91.7 cm³/mol. The maximum Gasteiger partial charge on any atom is 0.341 e. The van der Waals surface area contributed by atoms with Crippen LogP contribution in [0.15, 0.2) is 47.4 Å². The van der Waals surface area contributed by atoms with E-state index < -0.39 is 26.4 Å². The molecular weight excluding hydrogens is 368 g/mol. The summed E-state index contributed by atoms with van der Waals surface area (Å²) in [7, 11) is -3.23. The Bertz CT molecular complexity index is 883. The molecule has 2 rings (SSSR count). The van der Waals surface area contributed by atoms with Gasteiger partial charge in [0.15, 0.2) is 11.5 Å². The normalized spacial score (nSPS) is 11.3. The van der Waals surface area contributed by atoms with Crippen LogP contribution < -0.4 is 14.8 Å². The first-order valence-corrected chi connectivity index (χ1v) is 9.08. The maximum absolute atomic E-state index is 12.5. The summed E-state index contributed by atoms with van der Waals surface area (Å²) in [4.78, 5) is 11.7. The molecule has 0 aliphatic carbocycles. The Labute approximate surface area is 149 Å². The molecule has 2 aromatic carbocycles. The van der Waals surface area contributed by atoms with Gasteiger partial charge in [-0.15, -0.1) is 0 Å². The molecule has 0 atom stereocenters. The van der Waals surface area contributed by atoms with E-state index in [1.165, 1.54) is 7.11 Å². The molecule has 0 saturated heterocycles. The SMILES string of the molecule is CCOc1ccc(NC(=O)c2ccc(S(=O)(=O)C(F)F)cc2)cc1OC. The fourth-order valence-electron chi connectivity index (χ4n) is 2.12. The number of methoxy groups -OCH3 is 1. The molecule has 0 unspecified atom stereocenters. The molecule has 0 heterocycles. The van der Waals surface area contributed by atoms with E-state index in [2.05, 4.69) is 5.32 Å². The average Bonchev–Trinajstić information content (AvgIpc) is 2.63. The third-order valence-corrected chi connectivity index (χ3v) is 4.80. The molecule has 0 aliphatic heterocycles. The van der Waals surface area contributed by atoms with E-state index >= 15 is 0 Å². The Hall–Kier alpha value is -2.68. The summed E-state index contributed by atoms with van der Waals surface area (Å²) in [6.45, 7) is 2.28. The topological polar surface area (TPSA) is 81.7 Å². The Morgan fingerprint density at radius 1 is 1.12 bits per heavy atom. The number of ether oxygens (including phenoxy) is 2. The lowest BCUT2D eigenvalue weighted by molar-refractivity contribution is 0.102. The molecule has 0 aromatic heterocycles. The van der Waals surface area contributed by atoms with Crippen molar-refractivity contribution < 1.29 is 31.5 Å². The number of hydrogen-bond donors (Lipinski definition) is 1. The van der Waals surface area contributed by atoms with Gasteiger partial charge in [0, 0.05) is 17.3 Å². The summed E-state index contributed by atoms with van der Waals surface area (Å²) in [5.41, 5.74) is 0.547. The number of hydrogen-bond acceptors (Lipinski definition) is 5. The van der Waals surface area contributed by atoms with E-state index in [0.717, 1.165) is 24.3 Å². The number of nitrogens with one attached hydrogen (secondary N) is 1. The van der Waals surface area contributed by atoms with E-state index in [4.69, 9.17) is 9.47 Å². The summed E-state index contributed by atoms with van der Waals surface area (Å²) in [5, 5.41) is 2.61. The molecular formula is C17H17F2NO5S. The van der Waals surface area contributed by atoms with Gasteiger partial charge >= 0.3 is 5.76 Å². The second kappa shape index (κ2) is 8.13. The Kier molecular flexibility index (Phi) is 6.14. The number of rotatable bonds is 7. The van der Waals surface area contributed by atoms with Crippen LogP contribution in [-0.2, 0) is 9.84 Å². The standard InChI is InChI=1S/C17H17F2NO5S/c1-3-25-14-9-6-12(10-15(14)24-2)20-16(21)11-4-7-13(8-5-11)26(22,23)17(18)19/h4-10,17H,3H2,1-2H3,(H,20,21). The average molecular weight is 385 g/mol. The summed E-state index contributed by atoms with van der Waals surface area (Å²) < 4.78 is 58.4. The van der Waals surface area contributed by atoms with Crippen LogP contribution in [0.25, 0.3) is 0 Å². The molecule has 6 nitrogen and oxygen atoms in total. The Balaban J connectivity index is 2.18. The lowest BCUT2D eigenvalue weighted by Crippen LogP contribution is -2.14. The van der Waals surface area contributed by atoms with Crippen LogP contribution in [-0.4, -0.2) is 33.8 Å². The van der Waals surface area contributed by atoms with E-state index in [1.807, 2.05) is 6.92 Å². The van der Waals surface area contributed by atoms with Crippen molar-refractivity contribution in [3.63, 3.8) is 0 Å². The van der Waals surface area contributed by atoms with Crippen molar-refractivity contribution in [2.75, 3.05) is 19.0 Å². The molecule has 9 heteroatoms. The van der Waals surface area contributed by atoms with Crippen LogP contribution in [0.5, 0.6) is 11.5 Å². The van der Waals surface area contributed by atoms with Crippen molar-refractivity contribution >= 4 is 21.4 Å². The van der Waals surface area contributed by atoms with Crippen molar-refractivity contribution in [1.29, 1.82) is 0 Å². The van der Waals surface area contributed by atoms with E-state index in [0.29, 0.717) is 23.8 Å². The summed E-state index contributed by atoms with van der Waals surface area (Å²) in [5.74, 6) is -3.09. The zero-order chi connectivity index (χ0) is 19.3. The van der Waals surface area contributed by atoms with Gasteiger partial charge in [0.2, 0.25) is 9.84 Å². The van der Waals surface area contributed by atoms with Crippen molar-refractivity contribution in [2.24, 2.45) is 0 Å². The van der Waals surface area contributed by atoms with Crippen LogP contribution in [0, 0.1) is 0 Å². The molecule has 1 N–H and O–H groups in total. The van der Waals surface area contributed by atoms with E-state index in [-0.39, 0.29) is 5.56 Å². The summed E-state index contributed by atoms with van der Waals surface area (Å²) >= 11 is 0. The first-order chi connectivity index (χ1) is 12.3. The van der Waals surface area contributed by atoms with Crippen molar-refractivity contribution in [3.8, 4) is 11.5 Å². The second-order valence-electron chi connectivity index (χ2n) is 5.08. The largest absolute Gasteiger partial charge is 0.493 e. The molecule has 1 amide bonds. The van der Waals surface area contributed by atoms with Gasteiger partial charge in [-0.3, -0.25) is 4.79 Å². The minimum atomic E-state index is -4.69. The monoisotopic (exact) mass is 385 g/mol. The number of carbonyl (C=O) groups excluding carboxylic acids is 1. The van der Waals surface area contributed by atoms with Gasteiger partial charge in [0.25, 0.3) is 5.91 Å². The van der Waals surface area contributed by atoms with Gasteiger partial charge < -0.3 is 14.8 Å². The van der Waals surface area contributed by atoms with Crippen LogP contribution >= 0.6 is 0 Å². The molecule has 0 aliphatic rings. The van der Waals surface area contributed by atoms with Crippen molar-refractivity contribution in [1.82, 2.24) is 0 Å². The number of anilines is 1. The predicted octanol–water partition coefficient (Wildman–Crippen LogP) is 3.34. The number of benzene rings is 2. The highest BCUT2D eigenvalue weighted by Crippen LogP contribution is 2.30. The number of amides is 1. The molecule has 0 spiro atoms. The molecule has 0 fully saturated rings. The zero-order valence-corrected chi connectivity index (χ0v) is 14.8. The van der Waals surface area contributed by atoms with Crippen LogP contribution in [0.4, 0.5) is 14.5 Å². The van der Waals surface area contributed by atoms with E-state index in [1.54, 1.807) is 18.2 Å². The van der Waals surface area contributed by atoms with E-state index in [9.17, 15) is 22.0 Å². The lowest BCUT2D eigenvalue weighted by atomic mass is 10.2. The number of sulfone groups is 1. The third kappa shape index (κ3) is 4.29.